The van der Waals surface area contributed by atoms with Gasteiger partial charge in [0, 0.05) is 44.6 Å². The first kappa shape index (κ1) is 21.5. The van der Waals surface area contributed by atoms with E-state index in [1.807, 2.05) is 0 Å². The van der Waals surface area contributed by atoms with E-state index in [1.54, 1.807) is 18.5 Å². The van der Waals surface area contributed by atoms with Crippen LogP contribution < -0.4 is 15.0 Å². The number of fused-ring (bicyclic) bond motifs is 1. The molecule has 1 aliphatic rings. The van der Waals surface area contributed by atoms with Gasteiger partial charge in [-0.15, -0.1) is 0 Å². The minimum absolute atomic E-state index is 0.128. The van der Waals surface area contributed by atoms with Gasteiger partial charge < -0.3 is 20.1 Å². The van der Waals surface area contributed by atoms with Gasteiger partial charge >= 0.3 is 0 Å². The van der Waals surface area contributed by atoms with Gasteiger partial charge in [0.25, 0.3) is 16.5 Å². The summed E-state index contributed by atoms with van der Waals surface area (Å²) in [6, 6.07) is 6.58. The zero-order valence-corrected chi connectivity index (χ0v) is 17.0. The van der Waals surface area contributed by atoms with E-state index in [2.05, 4.69) is 15.2 Å². The van der Waals surface area contributed by atoms with E-state index >= 15 is 0 Å². The number of nitrogens with zero attached hydrogens (tertiary/aromatic N) is 3. The van der Waals surface area contributed by atoms with E-state index in [9.17, 15) is 12.8 Å². The van der Waals surface area contributed by atoms with Crippen LogP contribution in [0, 0.1) is 5.82 Å². The summed E-state index contributed by atoms with van der Waals surface area (Å²) >= 11 is 0. The SMILES string of the molecule is COc1ccnc2c(N3CCNCC3)cn(S(=O)(=O)c3cccc(F)c3)c12.O=CO. The van der Waals surface area contributed by atoms with E-state index < -0.39 is 15.8 Å². The quantitative estimate of drug-likeness (QED) is 0.592. The Kier molecular flexibility index (Phi) is 6.53. The van der Waals surface area contributed by atoms with Gasteiger partial charge in [0.05, 0.1) is 17.7 Å². The van der Waals surface area contributed by atoms with Gasteiger partial charge in [-0.05, 0) is 18.2 Å². The first-order valence-corrected chi connectivity index (χ1v) is 10.5. The largest absolute Gasteiger partial charge is 0.494 e. The van der Waals surface area contributed by atoms with Crippen LogP contribution >= 0.6 is 0 Å². The lowest BCUT2D eigenvalue weighted by Crippen LogP contribution is -2.43. The average Bonchev–Trinajstić information content (AvgIpc) is 3.16. The second-order valence-electron chi connectivity index (χ2n) is 6.33. The predicted octanol–water partition coefficient (Wildman–Crippen LogP) is 1.53. The summed E-state index contributed by atoms with van der Waals surface area (Å²) in [6.07, 6.45) is 3.14. The highest BCUT2D eigenvalue weighted by atomic mass is 32.2. The Bertz CT molecular complexity index is 1140. The number of anilines is 1. The molecule has 3 heterocycles. The third-order valence-electron chi connectivity index (χ3n) is 4.62. The number of ether oxygens (including phenoxy) is 1. The van der Waals surface area contributed by atoms with Crippen LogP contribution in [0.4, 0.5) is 10.1 Å². The van der Waals surface area contributed by atoms with Crippen molar-refractivity contribution in [2.45, 2.75) is 4.90 Å². The number of rotatable bonds is 4. The molecular formula is C19H21FN4O5S. The van der Waals surface area contributed by atoms with Crippen LogP contribution in [0.5, 0.6) is 5.75 Å². The number of carbonyl (C=O) groups is 1. The van der Waals surface area contributed by atoms with Crippen molar-refractivity contribution in [1.82, 2.24) is 14.3 Å². The number of methoxy groups -OCH3 is 1. The van der Waals surface area contributed by atoms with Gasteiger partial charge in [-0.1, -0.05) is 6.07 Å². The van der Waals surface area contributed by atoms with Crippen LogP contribution in [0.1, 0.15) is 0 Å². The number of halogens is 1. The molecule has 160 valence electrons. The number of hydrogen-bond acceptors (Lipinski definition) is 7. The second-order valence-corrected chi connectivity index (χ2v) is 8.14. The zero-order chi connectivity index (χ0) is 21.7. The highest BCUT2D eigenvalue weighted by molar-refractivity contribution is 7.90. The average molecular weight is 436 g/mol. The molecule has 0 saturated carbocycles. The van der Waals surface area contributed by atoms with Crippen molar-refractivity contribution < 1.29 is 27.4 Å². The smallest absolute Gasteiger partial charge is 0.290 e. The minimum atomic E-state index is -4.02. The lowest BCUT2D eigenvalue weighted by atomic mass is 10.3. The minimum Gasteiger partial charge on any atom is -0.494 e. The molecule has 11 heteroatoms. The maximum absolute atomic E-state index is 13.6. The van der Waals surface area contributed by atoms with Crippen molar-refractivity contribution in [3.8, 4) is 5.75 Å². The summed E-state index contributed by atoms with van der Waals surface area (Å²) in [7, 11) is -2.55. The molecule has 1 fully saturated rings. The number of aromatic nitrogens is 2. The summed E-state index contributed by atoms with van der Waals surface area (Å²) in [5, 5.41) is 10.2. The molecule has 0 atom stereocenters. The van der Waals surface area contributed by atoms with Crippen molar-refractivity contribution in [1.29, 1.82) is 0 Å². The maximum Gasteiger partial charge on any atom is 0.290 e. The van der Waals surface area contributed by atoms with E-state index in [-0.39, 0.29) is 11.4 Å². The fourth-order valence-electron chi connectivity index (χ4n) is 3.31. The molecule has 1 aromatic carbocycles. The lowest BCUT2D eigenvalue weighted by Gasteiger charge is -2.28. The van der Waals surface area contributed by atoms with Crippen LogP contribution in [0.25, 0.3) is 11.0 Å². The van der Waals surface area contributed by atoms with Crippen molar-refractivity contribution in [2.75, 3.05) is 38.2 Å². The fraction of sp³-hybridized carbons (Fsp3) is 0.263. The number of benzene rings is 1. The number of pyridine rings is 1. The zero-order valence-electron chi connectivity index (χ0n) is 16.2. The Morgan fingerprint density at radius 3 is 2.60 bits per heavy atom. The number of nitrogens with one attached hydrogen (secondary N) is 1. The van der Waals surface area contributed by atoms with E-state index in [1.165, 1.54) is 25.3 Å². The molecule has 1 saturated heterocycles. The van der Waals surface area contributed by atoms with Crippen molar-refractivity contribution >= 4 is 33.2 Å². The summed E-state index contributed by atoms with van der Waals surface area (Å²) in [4.78, 5) is 14.7. The van der Waals surface area contributed by atoms with Crippen LogP contribution in [0.3, 0.4) is 0 Å². The van der Waals surface area contributed by atoms with Crippen molar-refractivity contribution in [3.05, 3.63) is 48.5 Å². The summed E-state index contributed by atoms with van der Waals surface area (Å²) in [5.41, 5.74) is 1.60. The standard InChI is InChI=1S/C18H19FN4O3S.CH2O2/c1-26-16-5-6-21-17-15(22-9-7-20-8-10-22)12-23(18(16)17)27(24,25)14-4-2-3-13(19)11-14;2-1-3/h2-6,11-12,20H,7-10H2,1H3;1H,(H,2,3). The van der Waals surface area contributed by atoms with Gasteiger partial charge in [0.2, 0.25) is 0 Å². The third-order valence-corrected chi connectivity index (χ3v) is 6.28. The molecule has 2 aromatic heterocycles. The third kappa shape index (κ3) is 4.07. The number of piperazine rings is 1. The summed E-state index contributed by atoms with van der Waals surface area (Å²) < 4.78 is 46.7. The van der Waals surface area contributed by atoms with Gasteiger partial charge in [-0.3, -0.25) is 9.78 Å². The first-order valence-electron chi connectivity index (χ1n) is 9.02. The molecular weight excluding hydrogens is 415 g/mol. The van der Waals surface area contributed by atoms with Crippen molar-refractivity contribution in [2.24, 2.45) is 0 Å². The normalized spacial score (nSPS) is 14.1. The number of hydrogen-bond donors (Lipinski definition) is 2. The van der Waals surface area contributed by atoms with Gasteiger partial charge in [-0.2, -0.15) is 0 Å². The Morgan fingerprint density at radius 2 is 1.97 bits per heavy atom. The monoisotopic (exact) mass is 436 g/mol. The topological polar surface area (TPSA) is 114 Å². The molecule has 3 aromatic rings. The maximum atomic E-state index is 13.6. The molecule has 0 amide bonds. The van der Waals surface area contributed by atoms with Gasteiger partial charge in [0.15, 0.2) is 0 Å². The molecule has 30 heavy (non-hydrogen) atoms. The van der Waals surface area contributed by atoms with Gasteiger partial charge in [0.1, 0.15) is 22.6 Å². The number of carboxylic acid groups (broad SMARTS) is 1. The second kappa shape index (κ2) is 9.09. The van der Waals surface area contributed by atoms with E-state index in [4.69, 9.17) is 14.6 Å². The molecule has 0 spiro atoms. The fourth-order valence-corrected chi connectivity index (χ4v) is 4.70. The van der Waals surface area contributed by atoms with Crippen LogP contribution in [0.2, 0.25) is 0 Å². The first-order chi connectivity index (χ1) is 14.4. The molecule has 4 rings (SSSR count). The van der Waals surface area contributed by atoms with Crippen LogP contribution in [-0.2, 0) is 14.8 Å². The molecule has 9 nitrogen and oxygen atoms in total. The Morgan fingerprint density at radius 1 is 1.27 bits per heavy atom. The van der Waals surface area contributed by atoms with Crippen molar-refractivity contribution in [3.63, 3.8) is 0 Å². The Balaban J connectivity index is 0.000000806. The lowest BCUT2D eigenvalue weighted by molar-refractivity contribution is -0.122. The predicted molar refractivity (Wildman–Crippen MR) is 109 cm³/mol. The van der Waals surface area contributed by atoms with Crippen LogP contribution in [-0.4, -0.2) is 62.2 Å². The molecule has 2 N–H and O–H groups in total. The highest BCUT2D eigenvalue weighted by Gasteiger charge is 2.27. The summed E-state index contributed by atoms with van der Waals surface area (Å²) in [5.74, 6) is -0.221. The van der Waals surface area contributed by atoms with Gasteiger partial charge in [-0.25, -0.2) is 16.8 Å². The molecule has 0 unspecified atom stereocenters. The highest BCUT2D eigenvalue weighted by Crippen LogP contribution is 2.35. The summed E-state index contributed by atoms with van der Waals surface area (Å²) in [6.45, 7) is 2.82. The Labute approximate surface area is 172 Å². The molecule has 0 aliphatic carbocycles. The molecule has 0 bridgehead atoms. The van der Waals surface area contributed by atoms with E-state index in [0.717, 1.165) is 36.2 Å². The van der Waals surface area contributed by atoms with Crippen LogP contribution in [0.15, 0.2) is 47.6 Å². The van der Waals surface area contributed by atoms with E-state index in [0.29, 0.717) is 22.5 Å². The Hall–Kier alpha value is -3.18. The molecule has 1 aliphatic heterocycles. The molecule has 0 radical (unpaired) electrons.